The van der Waals surface area contributed by atoms with E-state index in [1.807, 2.05) is 0 Å². The third kappa shape index (κ3) is 4.20. The van der Waals surface area contributed by atoms with Crippen molar-refractivity contribution in [2.24, 2.45) is 10.2 Å². The second kappa shape index (κ2) is 6.33. The van der Waals surface area contributed by atoms with Gasteiger partial charge in [0.1, 0.15) is 5.60 Å². The molecule has 0 aliphatic carbocycles. The number of nitrogens with zero attached hydrogens (tertiary/aromatic N) is 7. The van der Waals surface area contributed by atoms with Gasteiger partial charge in [-0.3, -0.25) is 0 Å². The van der Waals surface area contributed by atoms with Crippen LogP contribution >= 0.6 is 0 Å². The number of carbonyl (C=O) groups is 1. The van der Waals surface area contributed by atoms with E-state index in [4.69, 9.17) is 15.8 Å². The molecule has 0 spiro atoms. The summed E-state index contributed by atoms with van der Waals surface area (Å²) in [6, 6.07) is -1.72. The Kier molecular flexibility index (Phi) is 5.04. The Morgan fingerprint density at radius 1 is 1.30 bits per heavy atom. The molecule has 0 unspecified atom stereocenters. The highest BCUT2D eigenvalue weighted by Gasteiger charge is 2.38. The summed E-state index contributed by atoms with van der Waals surface area (Å²) in [5.41, 5.74) is 16.3. The molecule has 1 saturated heterocycles. The third-order valence-electron chi connectivity index (χ3n) is 2.64. The monoisotopic (exact) mass is 283 g/mol. The van der Waals surface area contributed by atoms with Crippen molar-refractivity contribution in [1.82, 2.24) is 4.90 Å². The maximum Gasteiger partial charge on any atom is 0.410 e. The zero-order chi connectivity index (χ0) is 15.3. The molecule has 1 fully saturated rings. The van der Waals surface area contributed by atoms with Gasteiger partial charge in [-0.05, 0) is 31.8 Å². The number of carbonyl (C=O) groups excluding carboxylic acids is 1. The van der Waals surface area contributed by atoms with Gasteiger partial charge in [0.2, 0.25) is 0 Å². The van der Waals surface area contributed by atoms with Crippen LogP contribution in [0.1, 0.15) is 20.8 Å². The van der Waals surface area contributed by atoms with Crippen LogP contribution in [0, 0.1) is 0 Å². The Morgan fingerprint density at radius 3 is 2.40 bits per heavy atom. The molecule has 20 heavy (non-hydrogen) atoms. The van der Waals surface area contributed by atoms with Crippen molar-refractivity contribution in [2.45, 2.75) is 44.6 Å². The number of hydrogen-bond acceptors (Lipinski definition) is 5. The number of aliphatic hydroxyl groups is 1. The Labute approximate surface area is 115 Å². The van der Waals surface area contributed by atoms with Crippen LogP contribution in [0.2, 0.25) is 0 Å². The molecule has 0 aromatic rings. The van der Waals surface area contributed by atoms with Crippen LogP contribution in [0.3, 0.4) is 0 Å². The fraction of sp³-hybridized carbons (Fsp3) is 0.900. The Morgan fingerprint density at radius 2 is 1.90 bits per heavy atom. The molecule has 0 aromatic heterocycles. The summed E-state index contributed by atoms with van der Waals surface area (Å²) in [5, 5.41) is 16.8. The highest BCUT2D eigenvalue weighted by molar-refractivity contribution is 5.68. The molecule has 10 nitrogen and oxygen atoms in total. The van der Waals surface area contributed by atoms with E-state index in [2.05, 4.69) is 20.1 Å². The lowest BCUT2D eigenvalue weighted by Gasteiger charge is -2.38. The second-order valence-corrected chi connectivity index (χ2v) is 5.42. The number of likely N-dealkylation sites (tertiary alicyclic amines) is 1. The highest BCUT2D eigenvalue weighted by atomic mass is 16.6. The largest absolute Gasteiger partial charge is 0.444 e. The molecule has 1 heterocycles. The Hall–Kier alpha value is -2.15. The van der Waals surface area contributed by atoms with Gasteiger partial charge < -0.3 is 14.7 Å². The van der Waals surface area contributed by atoms with Gasteiger partial charge >= 0.3 is 6.09 Å². The van der Waals surface area contributed by atoms with Crippen molar-refractivity contribution in [3.63, 3.8) is 0 Å². The molecule has 10 heteroatoms. The second-order valence-electron chi connectivity index (χ2n) is 5.42. The molecular weight excluding hydrogens is 266 g/mol. The van der Waals surface area contributed by atoms with Crippen molar-refractivity contribution in [2.75, 3.05) is 13.1 Å². The number of ether oxygens (including phenoxy) is 1. The molecule has 0 radical (unpaired) electrons. The first kappa shape index (κ1) is 15.9. The van der Waals surface area contributed by atoms with E-state index in [9.17, 15) is 9.90 Å². The molecular formula is C10H17N7O3. The first-order chi connectivity index (χ1) is 9.28. The first-order valence-corrected chi connectivity index (χ1v) is 6.03. The van der Waals surface area contributed by atoms with Gasteiger partial charge in [0.15, 0.2) is 0 Å². The van der Waals surface area contributed by atoms with Crippen molar-refractivity contribution in [3.05, 3.63) is 20.9 Å². The maximum absolute atomic E-state index is 11.9. The van der Waals surface area contributed by atoms with Gasteiger partial charge in [-0.2, -0.15) is 0 Å². The number of aliphatic hydroxyl groups excluding tert-OH is 1. The van der Waals surface area contributed by atoms with E-state index in [0.29, 0.717) is 0 Å². The van der Waals surface area contributed by atoms with Crippen LogP contribution in [-0.4, -0.2) is 53.0 Å². The van der Waals surface area contributed by atoms with Crippen molar-refractivity contribution in [3.8, 4) is 0 Å². The minimum Gasteiger partial charge on any atom is -0.444 e. The van der Waals surface area contributed by atoms with Crippen molar-refractivity contribution >= 4 is 6.09 Å². The molecule has 1 aliphatic heterocycles. The average Bonchev–Trinajstić information content (AvgIpc) is 2.31. The van der Waals surface area contributed by atoms with Crippen LogP contribution in [0.25, 0.3) is 20.9 Å². The van der Waals surface area contributed by atoms with Gasteiger partial charge in [0.05, 0.1) is 24.7 Å². The minimum atomic E-state index is -1.11. The molecule has 1 aliphatic rings. The molecule has 0 bridgehead atoms. The number of piperidine rings is 1. The quantitative estimate of drug-likeness (QED) is 0.469. The van der Waals surface area contributed by atoms with Crippen LogP contribution in [0.4, 0.5) is 4.79 Å². The minimum absolute atomic E-state index is 0.0275. The van der Waals surface area contributed by atoms with Crippen LogP contribution in [0.15, 0.2) is 10.2 Å². The summed E-state index contributed by atoms with van der Waals surface area (Å²) in [7, 11) is 0. The number of amides is 1. The fourth-order valence-corrected chi connectivity index (χ4v) is 1.86. The summed E-state index contributed by atoms with van der Waals surface area (Å²) in [6.07, 6.45) is -1.73. The third-order valence-corrected chi connectivity index (χ3v) is 2.64. The predicted octanol–water partition coefficient (Wildman–Crippen LogP) is 1.96. The average molecular weight is 283 g/mol. The molecule has 3 atom stereocenters. The van der Waals surface area contributed by atoms with Crippen molar-refractivity contribution in [1.29, 1.82) is 0 Å². The zero-order valence-electron chi connectivity index (χ0n) is 11.5. The van der Waals surface area contributed by atoms with Gasteiger partial charge in [-0.15, -0.1) is 0 Å². The molecule has 0 saturated carbocycles. The number of hydrogen-bond donors (Lipinski definition) is 1. The predicted molar refractivity (Wildman–Crippen MR) is 69.7 cm³/mol. The van der Waals surface area contributed by atoms with E-state index in [1.165, 1.54) is 4.90 Å². The maximum atomic E-state index is 11.9. The van der Waals surface area contributed by atoms with Gasteiger partial charge in [-0.25, -0.2) is 4.79 Å². The van der Waals surface area contributed by atoms with E-state index < -0.39 is 29.9 Å². The van der Waals surface area contributed by atoms with Gasteiger partial charge in [-0.1, -0.05) is 10.2 Å². The topological polar surface area (TPSA) is 147 Å². The van der Waals surface area contributed by atoms with E-state index >= 15 is 0 Å². The summed E-state index contributed by atoms with van der Waals surface area (Å²) in [5.74, 6) is 0. The molecule has 110 valence electrons. The SMILES string of the molecule is CC(C)(C)OC(=O)N1C[C@@H](O)[C@@H](N=[N+]=[N-])[C@@H](N=[N+]=[N-])C1. The van der Waals surface area contributed by atoms with Crippen LogP contribution in [0.5, 0.6) is 0 Å². The molecule has 1 amide bonds. The molecule has 1 rings (SSSR count). The normalized spacial score (nSPS) is 26.2. The zero-order valence-corrected chi connectivity index (χ0v) is 11.5. The fourth-order valence-electron chi connectivity index (χ4n) is 1.86. The van der Waals surface area contributed by atoms with Gasteiger partial charge in [0, 0.05) is 16.4 Å². The van der Waals surface area contributed by atoms with Gasteiger partial charge in [0.25, 0.3) is 0 Å². The number of β-amino-alcohol motifs (C(OH)–C–C–N with tert-alkyl or cyclic N) is 1. The first-order valence-electron chi connectivity index (χ1n) is 6.03. The molecule has 1 N–H and O–H groups in total. The number of azide groups is 2. The standard InChI is InChI=1S/C10H17N7O3/c1-10(2,3)20-9(19)17-4-6(13-15-11)8(14-16-12)7(18)5-17/h6-8,18H,4-5H2,1-3H3/t6-,7+,8-/m0/s1. The van der Waals surface area contributed by atoms with Crippen LogP contribution in [-0.2, 0) is 4.74 Å². The summed E-state index contributed by atoms with van der Waals surface area (Å²) in [4.78, 5) is 18.4. The lowest BCUT2D eigenvalue weighted by atomic mass is 9.98. The Balaban J connectivity index is 2.87. The van der Waals surface area contributed by atoms with Crippen LogP contribution < -0.4 is 0 Å². The summed E-state index contributed by atoms with van der Waals surface area (Å²) in [6.45, 7) is 5.15. The Bertz CT molecular complexity index is 462. The van der Waals surface area contributed by atoms with E-state index in [1.54, 1.807) is 20.8 Å². The summed E-state index contributed by atoms with van der Waals surface area (Å²) < 4.78 is 5.18. The highest BCUT2D eigenvalue weighted by Crippen LogP contribution is 2.20. The lowest BCUT2D eigenvalue weighted by molar-refractivity contribution is -0.00478. The summed E-state index contributed by atoms with van der Waals surface area (Å²) >= 11 is 0. The van der Waals surface area contributed by atoms with E-state index in [-0.39, 0.29) is 13.1 Å². The number of rotatable bonds is 2. The lowest BCUT2D eigenvalue weighted by Crippen LogP contribution is -2.56. The van der Waals surface area contributed by atoms with Crippen molar-refractivity contribution < 1.29 is 14.6 Å². The smallest absolute Gasteiger partial charge is 0.410 e. The van der Waals surface area contributed by atoms with E-state index in [0.717, 1.165) is 0 Å². The molecule has 0 aromatic carbocycles.